The first kappa shape index (κ1) is 13.5. The summed E-state index contributed by atoms with van der Waals surface area (Å²) in [7, 11) is 0. The van der Waals surface area contributed by atoms with Gasteiger partial charge in [-0.15, -0.1) is 5.10 Å². The third-order valence-corrected chi connectivity index (χ3v) is 4.59. The van der Waals surface area contributed by atoms with Crippen LogP contribution in [0.25, 0.3) is 0 Å². The molecule has 1 saturated carbocycles. The summed E-state index contributed by atoms with van der Waals surface area (Å²) < 4.78 is 29.5. The molecule has 0 N–H and O–H groups in total. The number of fused-ring (bicyclic) bond motifs is 1. The summed E-state index contributed by atoms with van der Waals surface area (Å²) in [6.45, 7) is 1.99. The van der Waals surface area contributed by atoms with Gasteiger partial charge < -0.3 is 0 Å². The van der Waals surface area contributed by atoms with Crippen molar-refractivity contribution in [3.05, 3.63) is 47.3 Å². The highest BCUT2D eigenvalue weighted by Crippen LogP contribution is 2.42. The van der Waals surface area contributed by atoms with Gasteiger partial charge in [-0.3, -0.25) is 4.79 Å². The van der Waals surface area contributed by atoms with Crippen LogP contribution in [-0.4, -0.2) is 20.5 Å². The Morgan fingerprint density at radius 1 is 1.32 bits per heavy atom. The van der Waals surface area contributed by atoms with Crippen molar-refractivity contribution in [3.63, 3.8) is 0 Å². The van der Waals surface area contributed by atoms with E-state index >= 15 is 0 Å². The molecule has 0 bridgehead atoms. The smallest absolute Gasteiger partial charge is 0.217 e. The molecule has 2 aromatic rings. The minimum Gasteiger partial charge on any atom is -0.290 e. The molecular formula is C16H15F2N3O. The first-order valence-electron chi connectivity index (χ1n) is 7.45. The van der Waals surface area contributed by atoms with E-state index in [1.165, 1.54) is 10.7 Å². The van der Waals surface area contributed by atoms with Crippen molar-refractivity contribution in [1.82, 2.24) is 14.8 Å². The van der Waals surface area contributed by atoms with Gasteiger partial charge in [0.05, 0.1) is 6.04 Å². The van der Waals surface area contributed by atoms with Crippen molar-refractivity contribution in [3.8, 4) is 0 Å². The molecule has 114 valence electrons. The van der Waals surface area contributed by atoms with Crippen LogP contribution in [0, 0.1) is 17.7 Å². The van der Waals surface area contributed by atoms with Gasteiger partial charge in [0.1, 0.15) is 5.82 Å². The van der Waals surface area contributed by atoms with Crippen LogP contribution in [0.2, 0.25) is 0 Å². The standard InChI is InChI=1S/C16H15F2N3O/c1-8-6-10(8)14(22)15-19-16-12(18)7-13(21(16)20-15)9-4-2-3-5-11(9)17/h2-5,8,10,12-13H,6-7H2,1H3/t8-,10-,12+,13+/m1/s1. The molecule has 0 spiro atoms. The number of Topliss-reactive ketones (excluding diaryl/α,β-unsaturated/α-hetero) is 1. The largest absolute Gasteiger partial charge is 0.290 e. The molecule has 1 fully saturated rings. The summed E-state index contributed by atoms with van der Waals surface area (Å²) in [5.74, 6) is -0.0407. The molecule has 0 unspecified atom stereocenters. The van der Waals surface area contributed by atoms with Gasteiger partial charge in [0.25, 0.3) is 0 Å². The Morgan fingerprint density at radius 3 is 2.73 bits per heavy atom. The van der Waals surface area contributed by atoms with Crippen molar-refractivity contribution in [2.75, 3.05) is 0 Å². The van der Waals surface area contributed by atoms with E-state index in [0.29, 0.717) is 11.5 Å². The molecule has 1 aliphatic heterocycles. The second-order valence-corrected chi connectivity index (χ2v) is 6.16. The molecular weight excluding hydrogens is 288 g/mol. The Morgan fingerprint density at radius 2 is 2.05 bits per heavy atom. The molecule has 1 aliphatic carbocycles. The average Bonchev–Trinajstić information content (AvgIpc) is 2.95. The number of ketones is 1. The van der Waals surface area contributed by atoms with E-state index in [9.17, 15) is 13.6 Å². The summed E-state index contributed by atoms with van der Waals surface area (Å²) in [5.41, 5.74) is 0.382. The van der Waals surface area contributed by atoms with Gasteiger partial charge in [-0.1, -0.05) is 25.1 Å². The highest BCUT2D eigenvalue weighted by molar-refractivity contribution is 5.96. The van der Waals surface area contributed by atoms with E-state index in [1.54, 1.807) is 18.2 Å². The second-order valence-electron chi connectivity index (χ2n) is 6.16. The predicted octanol–water partition coefficient (Wildman–Crippen LogP) is 3.26. The predicted molar refractivity (Wildman–Crippen MR) is 74.6 cm³/mol. The van der Waals surface area contributed by atoms with E-state index in [4.69, 9.17) is 0 Å². The first-order chi connectivity index (χ1) is 10.6. The minimum atomic E-state index is -1.32. The maximum absolute atomic E-state index is 14.2. The molecule has 0 saturated heterocycles. The fourth-order valence-corrected chi connectivity index (χ4v) is 3.14. The molecule has 0 radical (unpaired) electrons. The summed E-state index contributed by atoms with van der Waals surface area (Å²) in [6, 6.07) is 5.71. The highest BCUT2D eigenvalue weighted by atomic mass is 19.1. The lowest BCUT2D eigenvalue weighted by Gasteiger charge is -2.12. The van der Waals surface area contributed by atoms with Crippen LogP contribution in [0.5, 0.6) is 0 Å². The van der Waals surface area contributed by atoms with Crippen molar-refractivity contribution < 1.29 is 13.6 Å². The number of rotatable bonds is 3. The lowest BCUT2D eigenvalue weighted by Crippen LogP contribution is -2.12. The minimum absolute atomic E-state index is 0.0481. The van der Waals surface area contributed by atoms with Crippen LogP contribution < -0.4 is 0 Å². The Hall–Kier alpha value is -2.11. The summed E-state index contributed by atoms with van der Waals surface area (Å²) in [5, 5.41) is 4.19. The molecule has 2 aliphatic rings. The van der Waals surface area contributed by atoms with Gasteiger partial charge in [-0.2, -0.15) is 0 Å². The lowest BCUT2D eigenvalue weighted by atomic mass is 10.0. The maximum atomic E-state index is 14.2. The summed E-state index contributed by atoms with van der Waals surface area (Å²) in [4.78, 5) is 16.3. The van der Waals surface area contributed by atoms with Crippen LogP contribution in [-0.2, 0) is 0 Å². The van der Waals surface area contributed by atoms with Crippen LogP contribution in [0.1, 0.15) is 54.0 Å². The lowest BCUT2D eigenvalue weighted by molar-refractivity contribution is 0.0951. The average molecular weight is 303 g/mol. The molecule has 1 aromatic carbocycles. The Kier molecular flexibility index (Phi) is 2.89. The van der Waals surface area contributed by atoms with E-state index in [1.807, 2.05) is 6.92 Å². The third kappa shape index (κ3) is 1.97. The van der Waals surface area contributed by atoms with Crippen molar-refractivity contribution in [2.24, 2.45) is 11.8 Å². The molecule has 4 nitrogen and oxygen atoms in total. The van der Waals surface area contributed by atoms with Gasteiger partial charge in [0.2, 0.25) is 11.6 Å². The van der Waals surface area contributed by atoms with E-state index < -0.39 is 18.0 Å². The number of carbonyl (C=O) groups excluding carboxylic acids is 1. The van der Waals surface area contributed by atoms with Crippen molar-refractivity contribution in [2.45, 2.75) is 32.0 Å². The molecule has 6 heteroatoms. The zero-order chi connectivity index (χ0) is 15.4. The molecule has 2 heterocycles. The maximum Gasteiger partial charge on any atom is 0.217 e. The monoisotopic (exact) mass is 303 g/mol. The van der Waals surface area contributed by atoms with E-state index in [-0.39, 0.29) is 29.8 Å². The Bertz CT molecular complexity index is 758. The molecule has 4 atom stereocenters. The number of hydrogen-bond donors (Lipinski definition) is 0. The molecule has 1 aromatic heterocycles. The fraction of sp³-hybridized carbons (Fsp3) is 0.438. The van der Waals surface area contributed by atoms with Gasteiger partial charge in [0.15, 0.2) is 12.0 Å². The molecule has 22 heavy (non-hydrogen) atoms. The van der Waals surface area contributed by atoms with E-state index in [0.717, 1.165) is 6.42 Å². The van der Waals surface area contributed by atoms with E-state index in [2.05, 4.69) is 10.1 Å². The van der Waals surface area contributed by atoms with Gasteiger partial charge in [0, 0.05) is 17.9 Å². The van der Waals surface area contributed by atoms with Gasteiger partial charge in [-0.25, -0.2) is 18.4 Å². The number of alkyl halides is 1. The highest BCUT2D eigenvalue weighted by Gasteiger charge is 2.43. The van der Waals surface area contributed by atoms with Crippen LogP contribution >= 0.6 is 0 Å². The number of benzene rings is 1. The Labute approximate surface area is 126 Å². The van der Waals surface area contributed by atoms with Gasteiger partial charge in [-0.05, 0) is 18.4 Å². The normalized spacial score (nSPS) is 29.4. The topological polar surface area (TPSA) is 47.8 Å². The third-order valence-electron chi connectivity index (χ3n) is 4.59. The zero-order valence-electron chi connectivity index (χ0n) is 12.0. The second kappa shape index (κ2) is 4.69. The van der Waals surface area contributed by atoms with Crippen LogP contribution in [0.3, 0.4) is 0 Å². The first-order valence-corrected chi connectivity index (χ1v) is 7.45. The fourth-order valence-electron chi connectivity index (χ4n) is 3.14. The van der Waals surface area contributed by atoms with Crippen molar-refractivity contribution in [1.29, 1.82) is 0 Å². The number of nitrogens with zero attached hydrogens (tertiary/aromatic N) is 3. The number of halogens is 2. The number of aromatic nitrogens is 3. The van der Waals surface area contributed by atoms with Crippen molar-refractivity contribution >= 4 is 5.78 Å². The SMILES string of the molecule is C[C@@H]1C[C@H]1C(=O)c1nc2n(n1)[C@H](c1ccccc1F)C[C@@H]2F. The number of carbonyl (C=O) groups is 1. The molecule has 4 rings (SSSR count). The van der Waals surface area contributed by atoms with Crippen LogP contribution in [0.4, 0.5) is 8.78 Å². The summed E-state index contributed by atoms with van der Waals surface area (Å²) >= 11 is 0. The van der Waals surface area contributed by atoms with Gasteiger partial charge >= 0.3 is 0 Å². The Balaban J connectivity index is 1.72. The zero-order valence-corrected chi connectivity index (χ0v) is 12.0. The summed E-state index contributed by atoms with van der Waals surface area (Å²) in [6.07, 6.45) is -0.390. The quantitative estimate of drug-likeness (QED) is 0.818. The number of hydrogen-bond acceptors (Lipinski definition) is 3. The van der Waals surface area contributed by atoms with Crippen LogP contribution in [0.15, 0.2) is 24.3 Å². The molecule has 0 amide bonds.